The summed E-state index contributed by atoms with van der Waals surface area (Å²) in [6.45, 7) is 6.28. The fourth-order valence-corrected chi connectivity index (χ4v) is 2.62. The Bertz CT molecular complexity index is 566. The molecule has 0 atom stereocenters. The minimum Gasteiger partial charge on any atom is -0.383 e. The zero-order valence-corrected chi connectivity index (χ0v) is 14.1. The molecule has 0 bridgehead atoms. The third-order valence-electron chi connectivity index (χ3n) is 3.80. The molecule has 0 spiro atoms. The minimum absolute atomic E-state index is 0.210. The van der Waals surface area contributed by atoms with Crippen LogP contribution in [0.25, 0.3) is 0 Å². The third kappa shape index (κ3) is 4.31. The van der Waals surface area contributed by atoms with Gasteiger partial charge in [0.15, 0.2) is 5.82 Å². The molecule has 1 aliphatic heterocycles. The Morgan fingerprint density at radius 1 is 1.26 bits per heavy atom. The first kappa shape index (κ1) is 17.5. The second-order valence-electron chi connectivity index (χ2n) is 6.19. The number of ether oxygens (including phenoxy) is 1. The molecule has 2 rings (SSSR count). The van der Waals surface area contributed by atoms with Crippen molar-refractivity contribution in [2.45, 2.75) is 39.7 Å². The van der Waals surface area contributed by atoms with Crippen LogP contribution in [0.15, 0.2) is 0 Å². The van der Waals surface area contributed by atoms with Gasteiger partial charge in [0.25, 0.3) is 11.8 Å². The van der Waals surface area contributed by atoms with E-state index in [1.165, 1.54) is 0 Å². The van der Waals surface area contributed by atoms with Crippen molar-refractivity contribution in [3.63, 3.8) is 0 Å². The van der Waals surface area contributed by atoms with Gasteiger partial charge in [0.2, 0.25) is 0 Å². The van der Waals surface area contributed by atoms with E-state index in [0.29, 0.717) is 37.1 Å². The van der Waals surface area contributed by atoms with Crippen molar-refractivity contribution < 1.29 is 14.3 Å². The summed E-state index contributed by atoms with van der Waals surface area (Å²) in [5.74, 6) is 0.261. The highest BCUT2D eigenvalue weighted by molar-refractivity contribution is 5.97. The van der Waals surface area contributed by atoms with E-state index in [0.717, 1.165) is 31.5 Å². The summed E-state index contributed by atoms with van der Waals surface area (Å²) < 4.78 is 6.83. The normalized spacial score (nSPS) is 13.7. The van der Waals surface area contributed by atoms with Gasteiger partial charge in [-0.25, -0.2) is 4.98 Å². The van der Waals surface area contributed by atoms with Crippen LogP contribution in [0, 0.1) is 5.92 Å². The van der Waals surface area contributed by atoms with Crippen molar-refractivity contribution in [1.29, 1.82) is 0 Å². The number of nitrogens with zero attached hydrogens (tertiary/aromatic N) is 2. The van der Waals surface area contributed by atoms with Gasteiger partial charge >= 0.3 is 0 Å². The molecule has 2 heterocycles. The summed E-state index contributed by atoms with van der Waals surface area (Å²) in [5, 5.41) is 5.66. The Hall–Kier alpha value is -1.89. The van der Waals surface area contributed by atoms with Crippen molar-refractivity contribution in [1.82, 2.24) is 20.2 Å². The highest BCUT2D eigenvalue weighted by Crippen LogP contribution is 2.21. The number of hydrogen-bond acceptors (Lipinski definition) is 4. The SMILES string of the molecule is COCCNC(=O)c1nc(C(=O)NCC(C)C)n2c1CCCC2. The number of carbonyl (C=O) groups is 2. The maximum absolute atomic E-state index is 12.4. The van der Waals surface area contributed by atoms with E-state index < -0.39 is 0 Å². The molecular formula is C16H26N4O3. The van der Waals surface area contributed by atoms with Gasteiger partial charge < -0.3 is 19.9 Å². The Morgan fingerprint density at radius 3 is 2.74 bits per heavy atom. The van der Waals surface area contributed by atoms with Gasteiger partial charge in [0, 0.05) is 26.7 Å². The van der Waals surface area contributed by atoms with Crippen LogP contribution in [0.1, 0.15) is 53.5 Å². The number of methoxy groups -OCH3 is 1. The quantitative estimate of drug-likeness (QED) is 0.733. The number of amides is 2. The Kier molecular flexibility index (Phi) is 6.15. The molecule has 1 aliphatic rings. The number of fused-ring (bicyclic) bond motifs is 1. The molecule has 7 nitrogen and oxygen atoms in total. The Morgan fingerprint density at radius 2 is 2.04 bits per heavy atom. The van der Waals surface area contributed by atoms with E-state index in [4.69, 9.17) is 4.74 Å². The van der Waals surface area contributed by atoms with E-state index in [-0.39, 0.29) is 11.8 Å². The molecule has 7 heteroatoms. The van der Waals surface area contributed by atoms with E-state index in [1.807, 2.05) is 18.4 Å². The highest BCUT2D eigenvalue weighted by Gasteiger charge is 2.27. The van der Waals surface area contributed by atoms with Crippen molar-refractivity contribution in [3.05, 3.63) is 17.2 Å². The molecule has 0 saturated carbocycles. The molecule has 0 saturated heterocycles. The molecule has 23 heavy (non-hydrogen) atoms. The van der Waals surface area contributed by atoms with Crippen LogP contribution in [0.5, 0.6) is 0 Å². The Balaban J connectivity index is 2.19. The summed E-state index contributed by atoms with van der Waals surface area (Å²) in [6.07, 6.45) is 2.78. The second-order valence-corrected chi connectivity index (χ2v) is 6.19. The van der Waals surface area contributed by atoms with Crippen LogP contribution in [-0.4, -0.2) is 48.2 Å². The monoisotopic (exact) mass is 322 g/mol. The van der Waals surface area contributed by atoms with Crippen LogP contribution in [0.2, 0.25) is 0 Å². The van der Waals surface area contributed by atoms with Crippen LogP contribution >= 0.6 is 0 Å². The predicted octanol–water partition coefficient (Wildman–Crippen LogP) is 0.981. The van der Waals surface area contributed by atoms with Crippen LogP contribution < -0.4 is 10.6 Å². The lowest BCUT2D eigenvalue weighted by Gasteiger charge is -2.17. The molecule has 128 valence electrons. The van der Waals surface area contributed by atoms with Gasteiger partial charge in [-0.05, 0) is 25.2 Å². The molecular weight excluding hydrogens is 296 g/mol. The van der Waals surface area contributed by atoms with E-state index in [9.17, 15) is 9.59 Å². The fraction of sp³-hybridized carbons (Fsp3) is 0.688. The number of hydrogen-bond donors (Lipinski definition) is 2. The number of rotatable bonds is 7. The van der Waals surface area contributed by atoms with Crippen LogP contribution in [0.3, 0.4) is 0 Å². The molecule has 2 N–H and O–H groups in total. The van der Waals surface area contributed by atoms with Gasteiger partial charge in [-0.2, -0.15) is 0 Å². The molecule has 1 aromatic heterocycles. The highest BCUT2D eigenvalue weighted by atomic mass is 16.5. The van der Waals surface area contributed by atoms with Crippen LogP contribution in [-0.2, 0) is 17.7 Å². The lowest BCUT2D eigenvalue weighted by molar-refractivity contribution is 0.0931. The molecule has 0 aromatic carbocycles. The van der Waals surface area contributed by atoms with Gasteiger partial charge in [0.1, 0.15) is 5.69 Å². The molecule has 0 radical (unpaired) electrons. The first-order valence-electron chi connectivity index (χ1n) is 8.19. The van der Waals surface area contributed by atoms with Crippen molar-refractivity contribution in [3.8, 4) is 0 Å². The minimum atomic E-state index is -0.240. The predicted molar refractivity (Wildman–Crippen MR) is 86.5 cm³/mol. The van der Waals surface area contributed by atoms with Crippen molar-refractivity contribution >= 4 is 11.8 Å². The lowest BCUT2D eigenvalue weighted by atomic mass is 10.1. The maximum Gasteiger partial charge on any atom is 0.287 e. The largest absolute Gasteiger partial charge is 0.383 e. The molecule has 0 unspecified atom stereocenters. The smallest absolute Gasteiger partial charge is 0.287 e. The van der Waals surface area contributed by atoms with E-state index in [2.05, 4.69) is 15.6 Å². The molecule has 2 amide bonds. The maximum atomic E-state index is 12.4. The van der Waals surface area contributed by atoms with Crippen LogP contribution in [0.4, 0.5) is 0 Å². The lowest BCUT2D eigenvalue weighted by Crippen LogP contribution is -2.30. The number of aromatic nitrogens is 2. The number of carbonyl (C=O) groups excluding carboxylic acids is 2. The average Bonchev–Trinajstić information content (AvgIpc) is 2.92. The fourth-order valence-electron chi connectivity index (χ4n) is 2.62. The summed E-state index contributed by atoms with van der Waals surface area (Å²) >= 11 is 0. The molecule has 0 fully saturated rings. The summed E-state index contributed by atoms with van der Waals surface area (Å²) in [7, 11) is 1.59. The van der Waals surface area contributed by atoms with Crippen molar-refractivity contribution in [2.24, 2.45) is 5.92 Å². The molecule has 1 aromatic rings. The van der Waals surface area contributed by atoms with Gasteiger partial charge in [-0.1, -0.05) is 13.8 Å². The average molecular weight is 322 g/mol. The molecule has 0 aliphatic carbocycles. The summed E-state index contributed by atoms with van der Waals surface area (Å²) in [5.41, 5.74) is 1.23. The third-order valence-corrected chi connectivity index (χ3v) is 3.80. The first-order valence-corrected chi connectivity index (χ1v) is 8.19. The first-order chi connectivity index (χ1) is 11.0. The zero-order chi connectivity index (χ0) is 16.8. The standard InChI is InChI=1S/C16H26N4O3/c1-11(2)10-18-16(22)14-19-13(15(21)17-7-9-23-3)12-6-4-5-8-20(12)14/h11H,4-10H2,1-3H3,(H,17,21)(H,18,22). The summed E-state index contributed by atoms with van der Waals surface area (Å²) in [4.78, 5) is 29.0. The second kappa shape index (κ2) is 8.10. The van der Waals surface area contributed by atoms with E-state index in [1.54, 1.807) is 7.11 Å². The van der Waals surface area contributed by atoms with Gasteiger partial charge in [-0.3, -0.25) is 9.59 Å². The number of nitrogens with one attached hydrogen (secondary N) is 2. The Labute approximate surface area is 136 Å². The van der Waals surface area contributed by atoms with E-state index >= 15 is 0 Å². The summed E-state index contributed by atoms with van der Waals surface area (Å²) in [6, 6.07) is 0. The van der Waals surface area contributed by atoms with Gasteiger partial charge in [-0.15, -0.1) is 0 Å². The zero-order valence-electron chi connectivity index (χ0n) is 14.1. The van der Waals surface area contributed by atoms with Gasteiger partial charge in [0.05, 0.1) is 12.3 Å². The number of imidazole rings is 1. The van der Waals surface area contributed by atoms with Crippen molar-refractivity contribution in [2.75, 3.05) is 26.8 Å². The topological polar surface area (TPSA) is 85.2 Å².